The Morgan fingerprint density at radius 1 is 1.06 bits per heavy atom. The molecule has 2 nitrogen and oxygen atoms in total. The molecule has 2 aromatic carbocycles. The average molecular weight is 241 g/mol. The van der Waals surface area contributed by atoms with Gasteiger partial charge in [-0.1, -0.05) is 25.1 Å². The zero-order chi connectivity index (χ0) is 13.1. The zero-order valence-electron chi connectivity index (χ0n) is 11.2. The summed E-state index contributed by atoms with van der Waals surface area (Å²) in [5.41, 5.74) is 11.4. The molecule has 0 fully saturated rings. The van der Waals surface area contributed by atoms with Crippen molar-refractivity contribution in [3.8, 4) is 16.9 Å². The van der Waals surface area contributed by atoms with Gasteiger partial charge in [-0.15, -0.1) is 0 Å². The number of aryl methyl sites for hydroxylation is 2. The van der Waals surface area contributed by atoms with Gasteiger partial charge in [0.1, 0.15) is 5.75 Å². The molecule has 0 aromatic heterocycles. The summed E-state index contributed by atoms with van der Waals surface area (Å²) in [4.78, 5) is 0. The first kappa shape index (κ1) is 12.5. The highest BCUT2D eigenvalue weighted by molar-refractivity contribution is 5.75. The molecule has 94 valence electrons. The van der Waals surface area contributed by atoms with Crippen molar-refractivity contribution in [3.63, 3.8) is 0 Å². The summed E-state index contributed by atoms with van der Waals surface area (Å²) in [6, 6.07) is 12.3. The fraction of sp³-hybridized carbons (Fsp3) is 0.250. The van der Waals surface area contributed by atoms with Gasteiger partial charge in [0.05, 0.1) is 7.11 Å². The molecule has 0 saturated carbocycles. The van der Waals surface area contributed by atoms with Crippen molar-refractivity contribution in [2.45, 2.75) is 20.3 Å². The predicted molar refractivity (Wildman–Crippen MR) is 77.0 cm³/mol. The van der Waals surface area contributed by atoms with Gasteiger partial charge in [-0.25, -0.2) is 0 Å². The second kappa shape index (κ2) is 5.13. The molecule has 0 aliphatic rings. The van der Waals surface area contributed by atoms with Crippen molar-refractivity contribution in [1.82, 2.24) is 0 Å². The molecule has 0 saturated heterocycles. The van der Waals surface area contributed by atoms with E-state index in [-0.39, 0.29) is 0 Å². The summed E-state index contributed by atoms with van der Waals surface area (Å²) >= 11 is 0. The highest BCUT2D eigenvalue weighted by Crippen LogP contribution is 2.34. The number of benzene rings is 2. The molecule has 0 atom stereocenters. The summed E-state index contributed by atoms with van der Waals surface area (Å²) in [5, 5.41) is 0. The quantitative estimate of drug-likeness (QED) is 0.829. The maximum Gasteiger partial charge on any atom is 0.126 e. The third kappa shape index (κ3) is 2.33. The van der Waals surface area contributed by atoms with Crippen molar-refractivity contribution >= 4 is 5.69 Å². The summed E-state index contributed by atoms with van der Waals surface area (Å²) in [5.74, 6) is 0.912. The summed E-state index contributed by atoms with van der Waals surface area (Å²) in [6.45, 7) is 4.20. The Bertz CT molecular complexity index is 510. The highest BCUT2D eigenvalue weighted by atomic mass is 16.5. The van der Waals surface area contributed by atoms with Crippen LogP contribution in [0.15, 0.2) is 36.4 Å². The van der Waals surface area contributed by atoms with Crippen LogP contribution in [0, 0.1) is 6.92 Å². The topological polar surface area (TPSA) is 35.2 Å². The van der Waals surface area contributed by atoms with Crippen LogP contribution in [0.4, 0.5) is 5.69 Å². The molecule has 2 N–H and O–H groups in total. The third-order valence-electron chi connectivity index (χ3n) is 3.16. The van der Waals surface area contributed by atoms with E-state index in [2.05, 4.69) is 38.1 Å². The number of methoxy groups -OCH3 is 1. The highest BCUT2D eigenvalue weighted by Gasteiger charge is 2.09. The fourth-order valence-corrected chi connectivity index (χ4v) is 2.19. The monoisotopic (exact) mass is 241 g/mol. The molecule has 0 unspecified atom stereocenters. The Kier molecular flexibility index (Phi) is 3.56. The zero-order valence-corrected chi connectivity index (χ0v) is 11.2. The number of anilines is 1. The molecular formula is C16H19NO. The van der Waals surface area contributed by atoms with E-state index in [1.807, 2.05) is 12.1 Å². The van der Waals surface area contributed by atoms with Gasteiger partial charge in [-0.05, 0) is 48.2 Å². The number of hydrogen-bond donors (Lipinski definition) is 1. The third-order valence-corrected chi connectivity index (χ3v) is 3.16. The van der Waals surface area contributed by atoms with E-state index in [9.17, 15) is 0 Å². The lowest BCUT2D eigenvalue weighted by Crippen LogP contribution is -1.94. The average Bonchev–Trinajstić information content (AvgIpc) is 2.38. The molecule has 0 radical (unpaired) electrons. The van der Waals surface area contributed by atoms with Gasteiger partial charge >= 0.3 is 0 Å². The number of ether oxygens (including phenoxy) is 1. The van der Waals surface area contributed by atoms with Gasteiger partial charge in [0.25, 0.3) is 0 Å². The summed E-state index contributed by atoms with van der Waals surface area (Å²) in [6.07, 6.45) is 0.956. The lowest BCUT2D eigenvalue weighted by molar-refractivity contribution is 0.416. The van der Waals surface area contributed by atoms with Crippen LogP contribution in [-0.4, -0.2) is 7.11 Å². The van der Waals surface area contributed by atoms with E-state index in [0.717, 1.165) is 23.4 Å². The molecule has 18 heavy (non-hydrogen) atoms. The van der Waals surface area contributed by atoms with Crippen LogP contribution in [0.2, 0.25) is 0 Å². The lowest BCUT2D eigenvalue weighted by Gasteiger charge is -2.13. The second-order valence-electron chi connectivity index (χ2n) is 4.47. The van der Waals surface area contributed by atoms with Gasteiger partial charge in [-0.3, -0.25) is 0 Å². The van der Waals surface area contributed by atoms with E-state index < -0.39 is 0 Å². The van der Waals surface area contributed by atoms with Crippen LogP contribution in [0.1, 0.15) is 18.1 Å². The number of rotatable bonds is 3. The maximum atomic E-state index is 5.84. The lowest BCUT2D eigenvalue weighted by atomic mass is 9.96. The van der Waals surface area contributed by atoms with Crippen LogP contribution in [0.3, 0.4) is 0 Å². The van der Waals surface area contributed by atoms with Gasteiger partial charge in [0.15, 0.2) is 0 Å². The summed E-state index contributed by atoms with van der Waals surface area (Å²) in [7, 11) is 1.71. The normalized spacial score (nSPS) is 10.4. The largest absolute Gasteiger partial charge is 0.496 e. The van der Waals surface area contributed by atoms with Crippen molar-refractivity contribution in [2.75, 3.05) is 12.8 Å². The van der Waals surface area contributed by atoms with Gasteiger partial charge < -0.3 is 10.5 Å². The van der Waals surface area contributed by atoms with Crippen LogP contribution >= 0.6 is 0 Å². The summed E-state index contributed by atoms with van der Waals surface area (Å²) < 4.78 is 5.48. The molecule has 0 amide bonds. The number of hydrogen-bond acceptors (Lipinski definition) is 2. The van der Waals surface area contributed by atoms with Crippen LogP contribution in [-0.2, 0) is 6.42 Å². The van der Waals surface area contributed by atoms with Crippen LogP contribution in [0.25, 0.3) is 11.1 Å². The van der Waals surface area contributed by atoms with Crippen LogP contribution < -0.4 is 10.5 Å². The van der Waals surface area contributed by atoms with Gasteiger partial charge in [0.2, 0.25) is 0 Å². The fourth-order valence-electron chi connectivity index (χ4n) is 2.19. The molecule has 2 heteroatoms. The Balaban J connectivity index is 2.61. The smallest absolute Gasteiger partial charge is 0.126 e. The minimum atomic E-state index is 0.807. The molecule has 0 aliphatic carbocycles. The number of nitrogens with two attached hydrogens (primary N) is 1. The molecule has 2 rings (SSSR count). The standard InChI is InChI=1S/C16H19NO/c1-4-12-10-13(17)6-8-14(12)15-7-5-11(2)9-16(15)18-3/h5-10H,4,17H2,1-3H3. The van der Waals surface area contributed by atoms with Gasteiger partial charge in [-0.2, -0.15) is 0 Å². The molecule has 0 bridgehead atoms. The minimum absolute atomic E-state index is 0.807. The molecule has 2 aromatic rings. The van der Waals surface area contributed by atoms with E-state index >= 15 is 0 Å². The van der Waals surface area contributed by atoms with E-state index in [0.29, 0.717) is 0 Å². The first-order chi connectivity index (χ1) is 8.65. The number of nitrogen functional groups attached to an aromatic ring is 1. The Morgan fingerprint density at radius 2 is 1.78 bits per heavy atom. The van der Waals surface area contributed by atoms with E-state index in [4.69, 9.17) is 10.5 Å². The maximum absolute atomic E-state index is 5.84. The molecule has 0 heterocycles. The minimum Gasteiger partial charge on any atom is -0.496 e. The first-order valence-corrected chi connectivity index (χ1v) is 6.19. The Hall–Kier alpha value is -1.96. The van der Waals surface area contributed by atoms with Crippen LogP contribution in [0.5, 0.6) is 5.75 Å². The van der Waals surface area contributed by atoms with Crippen molar-refractivity contribution < 1.29 is 4.74 Å². The van der Waals surface area contributed by atoms with E-state index in [1.165, 1.54) is 16.7 Å². The Labute approximate surface area is 108 Å². The second-order valence-corrected chi connectivity index (χ2v) is 4.47. The van der Waals surface area contributed by atoms with E-state index in [1.54, 1.807) is 7.11 Å². The SMILES string of the molecule is CCc1cc(N)ccc1-c1ccc(C)cc1OC. The van der Waals surface area contributed by atoms with Crippen molar-refractivity contribution in [2.24, 2.45) is 0 Å². The van der Waals surface area contributed by atoms with Gasteiger partial charge in [0, 0.05) is 11.3 Å². The van der Waals surface area contributed by atoms with Crippen molar-refractivity contribution in [1.29, 1.82) is 0 Å². The molecule has 0 spiro atoms. The molecule has 0 aliphatic heterocycles. The first-order valence-electron chi connectivity index (χ1n) is 6.19. The Morgan fingerprint density at radius 3 is 2.44 bits per heavy atom. The van der Waals surface area contributed by atoms with Crippen molar-refractivity contribution in [3.05, 3.63) is 47.5 Å². The molecular weight excluding hydrogens is 222 g/mol. The predicted octanol–water partition coefficient (Wildman–Crippen LogP) is 3.82.